The Balaban J connectivity index is 1.93. The molecule has 3 nitrogen and oxygen atoms in total. The molecular weight excluding hydrogens is 270 g/mol. The van der Waals surface area contributed by atoms with Crippen LogP contribution in [0.3, 0.4) is 0 Å². The van der Waals surface area contributed by atoms with Gasteiger partial charge in [0.1, 0.15) is 5.75 Å². The minimum absolute atomic E-state index is 0.308. The molecule has 0 amide bonds. The fourth-order valence-corrected chi connectivity index (χ4v) is 2.58. The molecule has 0 atom stereocenters. The van der Waals surface area contributed by atoms with Crippen molar-refractivity contribution in [2.45, 2.75) is 6.54 Å². The first kappa shape index (κ1) is 11.9. The lowest BCUT2D eigenvalue weighted by atomic mass is 10.0. The number of nitrogens with zero attached hydrogens (tertiary/aromatic N) is 1. The number of benzene rings is 1. The van der Waals surface area contributed by atoms with E-state index in [-0.39, 0.29) is 0 Å². The van der Waals surface area contributed by atoms with Gasteiger partial charge in [0.15, 0.2) is 0 Å². The van der Waals surface area contributed by atoms with Gasteiger partial charge in [0.05, 0.1) is 11.6 Å². The molecule has 1 aliphatic rings. The third-order valence-electron chi connectivity index (χ3n) is 2.91. The molecule has 0 aliphatic carbocycles. The monoisotopic (exact) mass is 285 g/mol. The predicted octanol–water partition coefficient (Wildman–Crippen LogP) is 1.88. The number of aliphatic hydroxyl groups excluding tert-OH is 1. The van der Waals surface area contributed by atoms with Crippen molar-refractivity contribution in [1.82, 2.24) is 4.90 Å². The summed E-state index contributed by atoms with van der Waals surface area (Å²) in [4.78, 5) is 2.33. The average molecular weight is 286 g/mol. The normalized spacial score (nSPS) is 17.2. The molecule has 1 N–H and O–H groups in total. The van der Waals surface area contributed by atoms with E-state index >= 15 is 0 Å². The fourth-order valence-electron chi connectivity index (χ4n) is 1.99. The average Bonchev–Trinajstić information content (AvgIpc) is 2.23. The number of hydrogen-bond acceptors (Lipinski definition) is 3. The first-order valence-corrected chi connectivity index (χ1v) is 6.18. The summed E-state index contributed by atoms with van der Waals surface area (Å²) in [6, 6.07) is 6.14. The van der Waals surface area contributed by atoms with Crippen molar-refractivity contribution in [2.75, 3.05) is 26.8 Å². The second-order valence-electron chi connectivity index (χ2n) is 4.21. The van der Waals surface area contributed by atoms with Gasteiger partial charge < -0.3 is 9.84 Å². The SMILES string of the molecule is COc1ccc(CN2CC(CO)C2)cc1Br. The van der Waals surface area contributed by atoms with Crippen LogP contribution in [-0.2, 0) is 6.54 Å². The van der Waals surface area contributed by atoms with Crippen molar-refractivity contribution < 1.29 is 9.84 Å². The molecule has 0 aromatic heterocycles. The van der Waals surface area contributed by atoms with E-state index in [1.807, 2.05) is 6.07 Å². The second kappa shape index (κ2) is 5.17. The Hall–Kier alpha value is -0.580. The van der Waals surface area contributed by atoms with E-state index in [1.165, 1.54) is 5.56 Å². The van der Waals surface area contributed by atoms with E-state index in [0.717, 1.165) is 29.9 Å². The van der Waals surface area contributed by atoms with Gasteiger partial charge >= 0.3 is 0 Å². The van der Waals surface area contributed by atoms with Crippen molar-refractivity contribution in [3.8, 4) is 5.75 Å². The highest BCUT2D eigenvalue weighted by molar-refractivity contribution is 9.10. The third-order valence-corrected chi connectivity index (χ3v) is 3.53. The van der Waals surface area contributed by atoms with Gasteiger partial charge in [-0.15, -0.1) is 0 Å². The molecule has 0 spiro atoms. The zero-order chi connectivity index (χ0) is 11.5. The molecule has 1 aromatic rings. The quantitative estimate of drug-likeness (QED) is 0.917. The summed E-state index contributed by atoms with van der Waals surface area (Å²) in [6.07, 6.45) is 0. The van der Waals surface area contributed by atoms with Crippen LogP contribution >= 0.6 is 15.9 Å². The van der Waals surface area contributed by atoms with Gasteiger partial charge in [-0.3, -0.25) is 4.90 Å². The van der Waals surface area contributed by atoms with Gasteiger partial charge in [0.2, 0.25) is 0 Å². The molecule has 4 heteroatoms. The molecule has 1 saturated heterocycles. The minimum Gasteiger partial charge on any atom is -0.496 e. The van der Waals surface area contributed by atoms with Gasteiger partial charge in [-0.2, -0.15) is 0 Å². The summed E-state index contributed by atoms with van der Waals surface area (Å²) in [5.41, 5.74) is 1.27. The maximum absolute atomic E-state index is 8.93. The summed E-state index contributed by atoms with van der Waals surface area (Å²) >= 11 is 3.48. The molecule has 0 saturated carbocycles. The molecule has 1 heterocycles. The molecule has 16 heavy (non-hydrogen) atoms. The number of halogens is 1. The van der Waals surface area contributed by atoms with E-state index in [0.29, 0.717) is 12.5 Å². The van der Waals surface area contributed by atoms with E-state index in [1.54, 1.807) is 7.11 Å². The van der Waals surface area contributed by atoms with Crippen LogP contribution in [0.1, 0.15) is 5.56 Å². The van der Waals surface area contributed by atoms with Crippen molar-refractivity contribution in [3.63, 3.8) is 0 Å². The molecular formula is C12H16BrNO2. The van der Waals surface area contributed by atoms with Crippen LogP contribution in [0.25, 0.3) is 0 Å². The van der Waals surface area contributed by atoms with Crippen molar-refractivity contribution in [3.05, 3.63) is 28.2 Å². The van der Waals surface area contributed by atoms with Crippen LogP contribution in [0, 0.1) is 5.92 Å². The van der Waals surface area contributed by atoms with Gasteiger partial charge in [0.25, 0.3) is 0 Å². The maximum Gasteiger partial charge on any atom is 0.133 e. The lowest BCUT2D eigenvalue weighted by Gasteiger charge is -2.38. The summed E-state index contributed by atoms with van der Waals surface area (Å²) in [7, 11) is 1.67. The summed E-state index contributed by atoms with van der Waals surface area (Å²) in [5.74, 6) is 1.34. The molecule has 2 rings (SSSR count). The number of hydrogen-bond donors (Lipinski definition) is 1. The zero-order valence-corrected chi connectivity index (χ0v) is 10.9. The standard InChI is InChI=1S/C12H16BrNO2/c1-16-12-3-2-9(4-11(12)13)5-14-6-10(7-14)8-15/h2-4,10,15H,5-8H2,1H3. The molecule has 0 radical (unpaired) electrons. The van der Waals surface area contributed by atoms with Crippen molar-refractivity contribution in [1.29, 1.82) is 0 Å². The van der Waals surface area contributed by atoms with Crippen molar-refractivity contribution in [2.24, 2.45) is 5.92 Å². The van der Waals surface area contributed by atoms with Crippen LogP contribution < -0.4 is 4.74 Å². The molecule has 0 unspecified atom stereocenters. The smallest absolute Gasteiger partial charge is 0.133 e. The second-order valence-corrected chi connectivity index (χ2v) is 5.07. The Morgan fingerprint density at radius 3 is 2.81 bits per heavy atom. The predicted molar refractivity (Wildman–Crippen MR) is 66.5 cm³/mol. The van der Waals surface area contributed by atoms with Crippen LogP contribution in [0.5, 0.6) is 5.75 Å². The number of rotatable bonds is 4. The minimum atomic E-state index is 0.308. The van der Waals surface area contributed by atoms with Gasteiger partial charge in [-0.25, -0.2) is 0 Å². The van der Waals surface area contributed by atoms with Crippen LogP contribution in [0.4, 0.5) is 0 Å². The van der Waals surface area contributed by atoms with E-state index in [2.05, 4.69) is 33.0 Å². The van der Waals surface area contributed by atoms with Crippen molar-refractivity contribution >= 4 is 15.9 Å². The Labute approximate surface area is 104 Å². The Morgan fingerprint density at radius 1 is 1.50 bits per heavy atom. The molecule has 1 fully saturated rings. The zero-order valence-electron chi connectivity index (χ0n) is 9.32. The Kier molecular flexibility index (Phi) is 3.84. The van der Waals surface area contributed by atoms with Gasteiger partial charge in [0, 0.05) is 32.2 Å². The number of aliphatic hydroxyl groups is 1. The highest BCUT2D eigenvalue weighted by atomic mass is 79.9. The summed E-state index contributed by atoms with van der Waals surface area (Å²) < 4.78 is 6.18. The highest BCUT2D eigenvalue weighted by Crippen LogP contribution is 2.27. The Morgan fingerprint density at radius 2 is 2.25 bits per heavy atom. The van der Waals surface area contributed by atoms with Gasteiger partial charge in [-0.1, -0.05) is 6.07 Å². The molecule has 0 bridgehead atoms. The fraction of sp³-hybridized carbons (Fsp3) is 0.500. The largest absolute Gasteiger partial charge is 0.496 e. The first-order chi connectivity index (χ1) is 7.72. The van der Waals surface area contributed by atoms with E-state index in [4.69, 9.17) is 9.84 Å². The van der Waals surface area contributed by atoms with Crippen LogP contribution in [-0.4, -0.2) is 36.8 Å². The summed E-state index contributed by atoms with van der Waals surface area (Å²) in [6.45, 7) is 3.25. The lowest BCUT2D eigenvalue weighted by molar-refractivity contribution is 0.0479. The first-order valence-electron chi connectivity index (χ1n) is 5.38. The molecule has 88 valence electrons. The molecule has 1 aromatic carbocycles. The number of ether oxygens (including phenoxy) is 1. The number of methoxy groups -OCH3 is 1. The lowest BCUT2D eigenvalue weighted by Crippen LogP contribution is -2.47. The third kappa shape index (κ3) is 2.56. The maximum atomic E-state index is 8.93. The topological polar surface area (TPSA) is 32.7 Å². The van der Waals surface area contributed by atoms with E-state index in [9.17, 15) is 0 Å². The Bertz CT molecular complexity index is 364. The van der Waals surface area contributed by atoms with E-state index < -0.39 is 0 Å². The number of likely N-dealkylation sites (tertiary alicyclic amines) is 1. The highest BCUT2D eigenvalue weighted by Gasteiger charge is 2.25. The molecule has 1 aliphatic heterocycles. The van der Waals surface area contributed by atoms with Crippen LogP contribution in [0.2, 0.25) is 0 Å². The van der Waals surface area contributed by atoms with Crippen LogP contribution in [0.15, 0.2) is 22.7 Å². The summed E-state index contributed by atoms with van der Waals surface area (Å²) in [5, 5.41) is 8.93. The van der Waals surface area contributed by atoms with Gasteiger partial charge in [-0.05, 0) is 33.6 Å².